The number of hydrogen-bond donors (Lipinski definition) is 0. The molecule has 1 aromatic rings. The van der Waals surface area contributed by atoms with E-state index in [1.807, 2.05) is 0 Å². The van der Waals surface area contributed by atoms with Crippen LogP contribution in [0.25, 0.3) is 0 Å². The van der Waals surface area contributed by atoms with Gasteiger partial charge < -0.3 is 4.74 Å². The van der Waals surface area contributed by atoms with Gasteiger partial charge in [0.15, 0.2) is 0 Å². The Bertz CT molecular complexity index is 370. The van der Waals surface area contributed by atoms with E-state index in [0.29, 0.717) is 0 Å². The molecule has 0 saturated carbocycles. The first-order chi connectivity index (χ1) is 7.01. The molecule has 0 amide bonds. The van der Waals surface area contributed by atoms with Gasteiger partial charge >= 0.3 is 6.18 Å². The summed E-state index contributed by atoms with van der Waals surface area (Å²) in [6.07, 6.45) is -3.94. The molecule has 6 heteroatoms. The van der Waals surface area contributed by atoms with Crippen molar-refractivity contribution in [1.82, 2.24) is 4.98 Å². The lowest BCUT2D eigenvalue weighted by Gasteiger charge is -2.08. The Balaban J connectivity index is 2.48. The lowest BCUT2D eigenvalue weighted by Crippen LogP contribution is -2.13. The summed E-state index contributed by atoms with van der Waals surface area (Å²) in [6, 6.07) is 4.45. The van der Waals surface area contributed by atoms with E-state index in [9.17, 15) is 13.2 Å². The molecule has 15 heavy (non-hydrogen) atoms. The molecule has 0 atom stereocenters. The van der Waals surface area contributed by atoms with Crippen LogP contribution in [0.2, 0.25) is 0 Å². The van der Waals surface area contributed by atoms with Crippen LogP contribution in [0, 0.1) is 11.3 Å². The van der Waals surface area contributed by atoms with Crippen LogP contribution in [0.1, 0.15) is 12.1 Å². The fourth-order valence-electron chi connectivity index (χ4n) is 0.847. The SMILES string of the molecule is N#Cc1cc(OCCC(F)(F)F)ccn1. The molecule has 0 aliphatic rings. The van der Waals surface area contributed by atoms with Gasteiger partial charge in [-0.2, -0.15) is 18.4 Å². The number of pyridine rings is 1. The van der Waals surface area contributed by atoms with Crippen molar-refractivity contribution in [2.45, 2.75) is 12.6 Å². The molecule has 0 unspecified atom stereocenters. The topological polar surface area (TPSA) is 45.9 Å². The van der Waals surface area contributed by atoms with Crippen LogP contribution < -0.4 is 4.74 Å². The molecule has 1 rings (SSSR count). The van der Waals surface area contributed by atoms with E-state index in [-0.39, 0.29) is 11.4 Å². The first-order valence-corrected chi connectivity index (χ1v) is 4.07. The Morgan fingerprint density at radius 3 is 2.80 bits per heavy atom. The monoisotopic (exact) mass is 216 g/mol. The highest BCUT2D eigenvalue weighted by molar-refractivity contribution is 5.29. The molecular weight excluding hydrogens is 209 g/mol. The van der Waals surface area contributed by atoms with E-state index in [1.54, 1.807) is 6.07 Å². The Hall–Kier alpha value is -1.77. The highest BCUT2D eigenvalue weighted by Crippen LogP contribution is 2.20. The molecule has 0 aliphatic heterocycles. The van der Waals surface area contributed by atoms with Crippen LogP contribution in [-0.4, -0.2) is 17.8 Å². The molecule has 1 heterocycles. The Morgan fingerprint density at radius 1 is 1.47 bits per heavy atom. The first-order valence-electron chi connectivity index (χ1n) is 4.07. The van der Waals surface area contributed by atoms with Crippen molar-refractivity contribution >= 4 is 0 Å². The summed E-state index contributed by atoms with van der Waals surface area (Å²) in [5.74, 6) is 0.214. The maximum absolute atomic E-state index is 11.8. The standard InChI is InChI=1S/C9H7F3N2O/c10-9(11,12)2-4-15-8-1-3-14-7(5-8)6-13/h1,3,5H,2,4H2. The number of rotatable bonds is 3. The quantitative estimate of drug-likeness (QED) is 0.778. The van der Waals surface area contributed by atoms with Crippen molar-refractivity contribution in [1.29, 1.82) is 5.26 Å². The number of nitrogens with zero attached hydrogens (tertiary/aromatic N) is 2. The molecule has 0 spiro atoms. The third-order valence-electron chi connectivity index (χ3n) is 1.50. The largest absolute Gasteiger partial charge is 0.493 e. The molecule has 0 aliphatic carbocycles. The highest BCUT2D eigenvalue weighted by Gasteiger charge is 2.26. The molecule has 3 nitrogen and oxygen atoms in total. The summed E-state index contributed by atoms with van der Waals surface area (Å²) in [5.41, 5.74) is 0.111. The molecule has 0 saturated heterocycles. The number of halogens is 3. The second-order valence-electron chi connectivity index (χ2n) is 2.70. The van der Waals surface area contributed by atoms with E-state index < -0.39 is 19.2 Å². The number of nitriles is 1. The maximum Gasteiger partial charge on any atom is 0.392 e. The molecule has 0 radical (unpaired) electrons. The van der Waals surface area contributed by atoms with Gasteiger partial charge in [-0.05, 0) is 6.07 Å². The third-order valence-corrected chi connectivity index (χ3v) is 1.50. The van der Waals surface area contributed by atoms with Gasteiger partial charge in [0.2, 0.25) is 0 Å². The van der Waals surface area contributed by atoms with Crippen LogP contribution in [0.4, 0.5) is 13.2 Å². The van der Waals surface area contributed by atoms with Crippen molar-refractivity contribution in [3.05, 3.63) is 24.0 Å². The smallest absolute Gasteiger partial charge is 0.392 e. The normalized spacial score (nSPS) is 10.8. The zero-order valence-electron chi connectivity index (χ0n) is 7.58. The summed E-state index contributed by atoms with van der Waals surface area (Å²) in [7, 11) is 0. The maximum atomic E-state index is 11.8. The zero-order chi connectivity index (χ0) is 11.3. The molecule has 0 fully saturated rings. The first kappa shape index (κ1) is 11.3. The fraction of sp³-hybridized carbons (Fsp3) is 0.333. The lowest BCUT2D eigenvalue weighted by atomic mass is 10.3. The van der Waals surface area contributed by atoms with Gasteiger partial charge in [0.25, 0.3) is 0 Å². The van der Waals surface area contributed by atoms with Crippen molar-refractivity contribution in [2.75, 3.05) is 6.61 Å². The van der Waals surface area contributed by atoms with Crippen LogP contribution in [0.15, 0.2) is 18.3 Å². The predicted molar refractivity (Wildman–Crippen MR) is 45.1 cm³/mol. The summed E-state index contributed by atoms with van der Waals surface area (Å²) < 4.78 is 40.1. The third kappa shape index (κ3) is 4.31. The average molecular weight is 216 g/mol. The molecule has 1 aromatic heterocycles. The number of hydrogen-bond acceptors (Lipinski definition) is 3. The predicted octanol–water partition coefficient (Wildman–Crippen LogP) is 2.28. The van der Waals surface area contributed by atoms with Crippen LogP contribution in [0.3, 0.4) is 0 Å². The average Bonchev–Trinajstić information content (AvgIpc) is 2.16. The van der Waals surface area contributed by atoms with E-state index in [0.717, 1.165) is 0 Å². The number of alkyl halides is 3. The van der Waals surface area contributed by atoms with Crippen molar-refractivity contribution in [3.63, 3.8) is 0 Å². The van der Waals surface area contributed by atoms with Crippen molar-refractivity contribution in [3.8, 4) is 11.8 Å². The Kier molecular flexibility index (Phi) is 3.50. The second kappa shape index (κ2) is 4.64. The van der Waals surface area contributed by atoms with Gasteiger partial charge in [0.05, 0.1) is 13.0 Å². The van der Waals surface area contributed by atoms with Crippen LogP contribution >= 0.6 is 0 Å². The van der Waals surface area contributed by atoms with E-state index in [1.165, 1.54) is 18.3 Å². The Morgan fingerprint density at radius 2 is 2.20 bits per heavy atom. The van der Waals surface area contributed by atoms with Crippen molar-refractivity contribution in [2.24, 2.45) is 0 Å². The minimum atomic E-state index is -4.23. The minimum absolute atomic E-state index is 0.111. The van der Waals surface area contributed by atoms with E-state index >= 15 is 0 Å². The summed E-state index contributed by atoms with van der Waals surface area (Å²) in [4.78, 5) is 3.65. The van der Waals surface area contributed by atoms with Gasteiger partial charge in [-0.25, -0.2) is 4.98 Å². The van der Waals surface area contributed by atoms with Crippen LogP contribution in [-0.2, 0) is 0 Å². The van der Waals surface area contributed by atoms with Gasteiger partial charge in [-0.15, -0.1) is 0 Å². The summed E-state index contributed by atoms with van der Waals surface area (Å²) in [5, 5.41) is 8.47. The molecule has 0 N–H and O–H groups in total. The highest BCUT2D eigenvalue weighted by atomic mass is 19.4. The van der Waals surface area contributed by atoms with Gasteiger partial charge in [-0.1, -0.05) is 0 Å². The lowest BCUT2D eigenvalue weighted by molar-refractivity contribution is -0.139. The van der Waals surface area contributed by atoms with Gasteiger partial charge in [-0.3, -0.25) is 0 Å². The minimum Gasteiger partial charge on any atom is -0.493 e. The molecule has 0 bridgehead atoms. The van der Waals surface area contributed by atoms with Gasteiger partial charge in [0, 0.05) is 12.3 Å². The fourth-order valence-corrected chi connectivity index (χ4v) is 0.847. The van der Waals surface area contributed by atoms with E-state index in [4.69, 9.17) is 10.00 Å². The van der Waals surface area contributed by atoms with Crippen LogP contribution in [0.5, 0.6) is 5.75 Å². The van der Waals surface area contributed by atoms with E-state index in [2.05, 4.69) is 4.98 Å². The second-order valence-corrected chi connectivity index (χ2v) is 2.70. The summed E-state index contributed by atoms with van der Waals surface area (Å²) in [6.45, 7) is -0.460. The zero-order valence-corrected chi connectivity index (χ0v) is 7.58. The molecule has 80 valence electrons. The number of ether oxygens (including phenoxy) is 1. The number of aromatic nitrogens is 1. The summed E-state index contributed by atoms with van der Waals surface area (Å²) >= 11 is 0. The molecular formula is C9H7F3N2O. The Labute approximate surface area is 84.1 Å². The molecule has 0 aromatic carbocycles. The van der Waals surface area contributed by atoms with Crippen molar-refractivity contribution < 1.29 is 17.9 Å². The van der Waals surface area contributed by atoms with Gasteiger partial charge in [0.1, 0.15) is 17.5 Å².